The molecule has 1 aliphatic carbocycles. The predicted molar refractivity (Wildman–Crippen MR) is 123 cm³/mol. The quantitative estimate of drug-likeness (QED) is 0.647. The maximum atomic E-state index is 13.6. The van der Waals surface area contributed by atoms with Crippen LogP contribution in [-0.4, -0.2) is 55.0 Å². The monoisotopic (exact) mass is 469 g/mol. The summed E-state index contributed by atoms with van der Waals surface area (Å²) in [5, 5.41) is 3.64. The summed E-state index contributed by atoms with van der Waals surface area (Å²) in [6, 6.07) is 6.74. The minimum atomic E-state index is -3.64. The summed E-state index contributed by atoms with van der Waals surface area (Å²) >= 11 is 6.01. The number of halogens is 1. The molecule has 1 saturated carbocycles. The molecule has 1 saturated heterocycles. The first-order valence-electron chi connectivity index (χ1n) is 11.0. The van der Waals surface area contributed by atoms with Crippen molar-refractivity contribution in [1.29, 1.82) is 0 Å². The van der Waals surface area contributed by atoms with Gasteiger partial charge in [0.25, 0.3) is 0 Å². The van der Waals surface area contributed by atoms with Gasteiger partial charge in [-0.1, -0.05) is 44.2 Å². The van der Waals surface area contributed by atoms with E-state index in [2.05, 4.69) is 5.32 Å². The minimum absolute atomic E-state index is 0.0385. The third kappa shape index (κ3) is 5.41. The van der Waals surface area contributed by atoms with E-state index in [-0.39, 0.29) is 30.8 Å². The van der Waals surface area contributed by atoms with Crippen molar-refractivity contribution in [3.05, 3.63) is 29.3 Å². The Morgan fingerprint density at radius 2 is 1.77 bits per heavy atom. The topological polar surface area (TPSA) is 86.8 Å². The molecule has 2 aliphatic rings. The van der Waals surface area contributed by atoms with Crippen LogP contribution in [0, 0.1) is 0 Å². The average Bonchev–Trinajstić information content (AvgIpc) is 2.97. The second-order valence-electron chi connectivity index (χ2n) is 8.73. The molecule has 2 amide bonds. The van der Waals surface area contributed by atoms with Crippen molar-refractivity contribution in [3.8, 4) is 0 Å². The first kappa shape index (κ1) is 24.0. The largest absolute Gasteiger partial charge is 0.351 e. The van der Waals surface area contributed by atoms with Gasteiger partial charge in [0.2, 0.25) is 21.8 Å². The molecular formula is C22H32ClN3O4S. The molecule has 3 rings (SSSR count). The number of hydrogen-bond donors (Lipinski definition) is 1. The van der Waals surface area contributed by atoms with E-state index in [0.717, 1.165) is 42.8 Å². The zero-order chi connectivity index (χ0) is 22.6. The number of carbonyl (C=O) groups excluding carboxylic acids is 2. The number of anilines is 1. The lowest BCUT2D eigenvalue weighted by Crippen LogP contribution is -2.71. The van der Waals surface area contributed by atoms with Gasteiger partial charge in [-0.05, 0) is 50.5 Å². The molecule has 0 unspecified atom stereocenters. The Balaban J connectivity index is 1.95. The molecule has 1 N–H and O–H groups in total. The SMILES string of the molecule is CCCS(=O)(=O)N1CC(=O)N(c2ccc(Cl)cc2)[C@@](C)(C(=O)NC2CCCCCC2)C1. The first-order chi connectivity index (χ1) is 14.7. The number of nitrogens with zero attached hydrogens (tertiary/aromatic N) is 2. The second kappa shape index (κ2) is 9.88. The van der Waals surface area contributed by atoms with Gasteiger partial charge < -0.3 is 5.32 Å². The molecule has 9 heteroatoms. The normalized spacial score (nSPS) is 24.1. The zero-order valence-electron chi connectivity index (χ0n) is 18.3. The van der Waals surface area contributed by atoms with Crippen molar-refractivity contribution in [2.75, 3.05) is 23.7 Å². The molecule has 7 nitrogen and oxygen atoms in total. The lowest BCUT2D eigenvalue weighted by molar-refractivity contribution is -0.133. The lowest BCUT2D eigenvalue weighted by Gasteiger charge is -2.47. The third-order valence-electron chi connectivity index (χ3n) is 6.16. The third-order valence-corrected chi connectivity index (χ3v) is 8.38. The van der Waals surface area contributed by atoms with E-state index in [4.69, 9.17) is 11.6 Å². The zero-order valence-corrected chi connectivity index (χ0v) is 19.8. The standard InChI is InChI=1S/C22H32ClN3O4S/c1-3-14-31(29,30)25-15-20(27)26(19-12-10-17(23)11-13-19)22(2,16-25)21(28)24-18-8-6-4-5-7-9-18/h10-13,18H,3-9,14-16H2,1-2H3,(H,24,28)/t22-/m1/s1. The summed E-state index contributed by atoms with van der Waals surface area (Å²) in [6.07, 6.45) is 6.66. The van der Waals surface area contributed by atoms with Crippen molar-refractivity contribution in [2.24, 2.45) is 0 Å². The number of piperazine rings is 1. The van der Waals surface area contributed by atoms with Crippen molar-refractivity contribution >= 4 is 39.1 Å². The number of rotatable bonds is 6. The molecule has 0 bridgehead atoms. The Morgan fingerprint density at radius 1 is 1.16 bits per heavy atom. The van der Waals surface area contributed by atoms with Gasteiger partial charge in [0.15, 0.2) is 0 Å². The van der Waals surface area contributed by atoms with Crippen LogP contribution >= 0.6 is 11.6 Å². The fraction of sp³-hybridized carbons (Fsp3) is 0.636. The summed E-state index contributed by atoms with van der Waals surface area (Å²) in [7, 11) is -3.64. The van der Waals surface area contributed by atoms with E-state index in [1.165, 1.54) is 4.90 Å². The molecule has 0 radical (unpaired) electrons. The molecule has 1 aromatic rings. The number of nitrogens with one attached hydrogen (secondary N) is 1. The highest BCUT2D eigenvalue weighted by molar-refractivity contribution is 7.89. The predicted octanol–water partition coefficient (Wildman–Crippen LogP) is 3.33. The van der Waals surface area contributed by atoms with Crippen LogP contribution in [0.3, 0.4) is 0 Å². The van der Waals surface area contributed by atoms with Crippen LogP contribution < -0.4 is 10.2 Å². The van der Waals surface area contributed by atoms with Gasteiger partial charge in [-0.2, -0.15) is 4.31 Å². The van der Waals surface area contributed by atoms with Crippen molar-refractivity contribution in [2.45, 2.75) is 70.4 Å². The van der Waals surface area contributed by atoms with E-state index >= 15 is 0 Å². The van der Waals surface area contributed by atoms with E-state index in [1.807, 2.05) is 0 Å². The maximum absolute atomic E-state index is 13.6. The molecule has 31 heavy (non-hydrogen) atoms. The number of sulfonamides is 1. The smallest absolute Gasteiger partial charge is 0.247 e. The maximum Gasteiger partial charge on any atom is 0.247 e. The van der Waals surface area contributed by atoms with Gasteiger partial charge in [-0.3, -0.25) is 14.5 Å². The minimum Gasteiger partial charge on any atom is -0.351 e. The molecule has 2 fully saturated rings. The van der Waals surface area contributed by atoms with Crippen LogP contribution in [0.15, 0.2) is 24.3 Å². The van der Waals surface area contributed by atoms with E-state index < -0.39 is 21.5 Å². The van der Waals surface area contributed by atoms with Gasteiger partial charge >= 0.3 is 0 Å². The summed E-state index contributed by atoms with van der Waals surface area (Å²) in [6.45, 7) is 3.07. The Labute approximate surface area is 190 Å². The number of hydrogen-bond acceptors (Lipinski definition) is 4. The van der Waals surface area contributed by atoms with Crippen LogP contribution in [0.5, 0.6) is 0 Å². The van der Waals surface area contributed by atoms with Gasteiger partial charge in [0.05, 0.1) is 12.3 Å². The second-order valence-corrected chi connectivity index (χ2v) is 11.3. The number of benzene rings is 1. The molecular weight excluding hydrogens is 438 g/mol. The van der Waals surface area contributed by atoms with E-state index in [0.29, 0.717) is 17.1 Å². The summed E-state index contributed by atoms with van der Waals surface area (Å²) < 4.78 is 26.7. The van der Waals surface area contributed by atoms with E-state index in [1.54, 1.807) is 38.1 Å². The molecule has 1 atom stereocenters. The highest BCUT2D eigenvalue weighted by Gasteiger charge is 2.51. The fourth-order valence-electron chi connectivity index (χ4n) is 4.51. The molecule has 0 aromatic heterocycles. The van der Waals surface area contributed by atoms with Crippen LogP contribution in [-0.2, 0) is 19.6 Å². The van der Waals surface area contributed by atoms with Crippen molar-refractivity contribution < 1.29 is 18.0 Å². The Hall–Kier alpha value is -1.64. The Morgan fingerprint density at radius 3 is 2.35 bits per heavy atom. The Bertz CT molecular complexity index is 898. The molecule has 1 heterocycles. The summed E-state index contributed by atoms with van der Waals surface area (Å²) in [5.74, 6) is -0.799. The lowest BCUT2D eigenvalue weighted by atomic mass is 9.93. The first-order valence-corrected chi connectivity index (χ1v) is 13.0. The van der Waals surface area contributed by atoms with Gasteiger partial charge in [0.1, 0.15) is 5.54 Å². The number of amides is 2. The molecule has 1 aliphatic heterocycles. The van der Waals surface area contributed by atoms with Crippen LogP contribution in [0.2, 0.25) is 5.02 Å². The van der Waals surface area contributed by atoms with Crippen molar-refractivity contribution in [1.82, 2.24) is 9.62 Å². The Kier molecular flexibility index (Phi) is 7.65. The van der Waals surface area contributed by atoms with Gasteiger partial charge in [0, 0.05) is 23.3 Å². The van der Waals surface area contributed by atoms with Crippen LogP contribution in [0.1, 0.15) is 58.8 Å². The highest BCUT2D eigenvalue weighted by Crippen LogP contribution is 2.32. The van der Waals surface area contributed by atoms with Crippen LogP contribution in [0.4, 0.5) is 5.69 Å². The molecule has 1 aromatic carbocycles. The average molecular weight is 470 g/mol. The van der Waals surface area contributed by atoms with Crippen LogP contribution in [0.25, 0.3) is 0 Å². The van der Waals surface area contributed by atoms with Gasteiger partial charge in [-0.25, -0.2) is 8.42 Å². The summed E-state index contributed by atoms with van der Waals surface area (Å²) in [5.41, 5.74) is -0.837. The number of carbonyl (C=O) groups is 2. The van der Waals surface area contributed by atoms with E-state index in [9.17, 15) is 18.0 Å². The molecule has 172 valence electrons. The van der Waals surface area contributed by atoms with Crippen molar-refractivity contribution in [3.63, 3.8) is 0 Å². The van der Waals surface area contributed by atoms with Gasteiger partial charge in [-0.15, -0.1) is 0 Å². The fourth-order valence-corrected chi connectivity index (χ4v) is 6.16. The highest BCUT2D eigenvalue weighted by atomic mass is 35.5. The summed E-state index contributed by atoms with van der Waals surface area (Å²) in [4.78, 5) is 28.2. The molecule has 0 spiro atoms.